The number of allylic oxidation sites excluding steroid dienone is 1. The van der Waals surface area contributed by atoms with Crippen LogP contribution >= 0.6 is 0 Å². The van der Waals surface area contributed by atoms with Crippen molar-refractivity contribution in [2.45, 2.75) is 6.54 Å². The first-order chi connectivity index (χ1) is 9.04. The molecule has 0 bridgehead atoms. The number of rotatable bonds is 5. The molecule has 0 spiro atoms. The summed E-state index contributed by atoms with van der Waals surface area (Å²) in [6.07, 6.45) is 1.81. The van der Waals surface area contributed by atoms with E-state index < -0.39 is 11.8 Å². The van der Waals surface area contributed by atoms with Crippen LogP contribution in [0.5, 0.6) is 0 Å². The fourth-order valence-corrected chi connectivity index (χ4v) is 1.29. The number of aliphatic imine (C=N–C) groups is 1. The average molecular weight is 269 g/mol. The Morgan fingerprint density at radius 3 is 2.68 bits per heavy atom. The number of hydrogen-bond acceptors (Lipinski definition) is 4. The first-order valence-corrected chi connectivity index (χ1v) is 5.24. The Bertz CT molecular complexity index is 592. The summed E-state index contributed by atoms with van der Waals surface area (Å²) in [6.45, 7) is 6.16. The van der Waals surface area contributed by atoms with Crippen molar-refractivity contribution in [3.8, 4) is 0 Å². The van der Waals surface area contributed by atoms with Crippen LogP contribution in [0.1, 0.15) is 0 Å². The van der Waals surface area contributed by atoms with E-state index in [4.69, 9.17) is 5.73 Å². The van der Waals surface area contributed by atoms with Gasteiger partial charge in [0.1, 0.15) is 12.2 Å². The second-order valence-electron chi connectivity index (χ2n) is 3.38. The molecule has 0 aromatic carbocycles. The second-order valence-corrected chi connectivity index (χ2v) is 3.38. The van der Waals surface area contributed by atoms with E-state index in [1.54, 1.807) is 0 Å². The Kier molecular flexibility index (Phi) is 5.07. The number of hydrogen-bond donors (Lipinski definition) is 1. The lowest BCUT2D eigenvalue weighted by molar-refractivity contribution is 0.400. The van der Waals surface area contributed by atoms with Crippen LogP contribution in [0.4, 0.5) is 8.78 Å². The molecular weight excluding hydrogens is 256 g/mol. The molecule has 1 aromatic rings. The molecule has 0 saturated carbocycles. The SMILES string of the molecule is C=C/N=C(\C=C)n1cnn(CC(CN)=C(F)F)c1=O. The molecule has 0 aliphatic rings. The molecule has 0 aliphatic carbocycles. The van der Waals surface area contributed by atoms with E-state index in [0.717, 1.165) is 15.6 Å². The van der Waals surface area contributed by atoms with Crippen molar-refractivity contribution < 1.29 is 8.78 Å². The lowest BCUT2D eigenvalue weighted by Gasteiger charge is -2.02. The van der Waals surface area contributed by atoms with Gasteiger partial charge < -0.3 is 5.73 Å². The van der Waals surface area contributed by atoms with Gasteiger partial charge in [-0.25, -0.2) is 19.0 Å². The maximum Gasteiger partial charge on any atom is 0.351 e. The van der Waals surface area contributed by atoms with Gasteiger partial charge in [-0.1, -0.05) is 13.2 Å². The van der Waals surface area contributed by atoms with E-state index >= 15 is 0 Å². The van der Waals surface area contributed by atoms with E-state index in [9.17, 15) is 13.6 Å². The van der Waals surface area contributed by atoms with Crippen molar-refractivity contribution >= 4 is 5.84 Å². The van der Waals surface area contributed by atoms with Crippen LogP contribution in [-0.2, 0) is 6.54 Å². The highest BCUT2D eigenvalue weighted by molar-refractivity contribution is 5.94. The molecule has 1 rings (SSSR count). The Morgan fingerprint density at radius 1 is 1.53 bits per heavy atom. The molecule has 1 aromatic heterocycles. The Morgan fingerprint density at radius 2 is 2.21 bits per heavy atom. The lowest BCUT2D eigenvalue weighted by atomic mass is 10.3. The zero-order valence-corrected chi connectivity index (χ0v) is 10.1. The third kappa shape index (κ3) is 3.32. The van der Waals surface area contributed by atoms with Gasteiger partial charge in [0.25, 0.3) is 6.08 Å². The van der Waals surface area contributed by atoms with Crippen molar-refractivity contribution in [1.82, 2.24) is 14.3 Å². The molecule has 2 N–H and O–H groups in total. The molecule has 0 unspecified atom stereocenters. The highest BCUT2D eigenvalue weighted by atomic mass is 19.3. The second kappa shape index (κ2) is 6.55. The minimum atomic E-state index is -1.91. The fourth-order valence-electron chi connectivity index (χ4n) is 1.29. The summed E-state index contributed by atoms with van der Waals surface area (Å²) in [7, 11) is 0. The highest BCUT2D eigenvalue weighted by Gasteiger charge is 2.12. The predicted molar refractivity (Wildman–Crippen MR) is 68.0 cm³/mol. The van der Waals surface area contributed by atoms with Gasteiger partial charge in [-0.2, -0.15) is 13.9 Å². The molecular formula is C11H13F2N5O. The van der Waals surface area contributed by atoms with Crippen molar-refractivity contribution in [1.29, 1.82) is 0 Å². The fraction of sp³-hybridized carbons (Fsp3) is 0.182. The molecule has 0 saturated heterocycles. The van der Waals surface area contributed by atoms with E-state index in [-0.39, 0.29) is 24.5 Å². The summed E-state index contributed by atoms with van der Waals surface area (Å²) < 4.78 is 26.9. The maximum absolute atomic E-state index is 12.5. The molecule has 0 radical (unpaired) electrons. The van der Waals surface area contributed by atoms with Gasteiger partial charge in [0, 0.05) is 18.3 Å². The van der Waals surface area contributed by atoms with Crippen molar-refractivity contribution in [2.24, 2.45) is 10.7 Å². The number of aromatic nitrogens is 3. The van der Waals surface area contributed by atoms with Crippen LogP contribution in [0.25, 0.3) is 0 Å². The Balaban J connectivity index is 3.16. The quantitative estimate of drug-likeness (QED) is 0.632. The van der Waals surface area contributed by atoms with Crippen LogP contribution in [0, 0.1) is 0 Å². The van der Waals surface area contributed by atoms with Gasteiger partial charge >= 0.3 is 5.69 Å². The third-order valence-electron chi connectivity index (χ3n) is 2.24. The topological polar surface area (TPSA) is 78.2 Å². The Labute approximate surface area is 107 Å². The third-order valence-corrected chi connectivity index (χ3v) is 2.24. The summed E-state index contributed by atoms with van der Waals surface area (Å²) in [5.74, 6) is 0.199. The normalized spacial score (nSPS) is 11.2. The summed E-state index contributed by atoms with van der Waals surface area (Å²) in [5, 5.41) is 3.72. The number of halogens is 2. The van der Waals surface area contributed by atoms with Crippen molar-refractivity contribution in [3.05, 3.63) is 53.9 Å². The molecule has 6 nitrogen and oxygen atoms in total. The largest absolute Gasteiger partial charge is 0.351 e. The van der Waals surface area contributed by atoms with Gasteiger partial charge in [0.15, 0.2) is 0 Å². The van der Waals surface area contributed by atoms with Crippen molar-refractivity contribution in [2.75, 3.05) is 6.54 Å². The molecule has 1 heterocycles. The standard InChI is InChI=1S/C11H13F2N5O/c1-3-9(15-4-2)17-7-16-18(11(17)19)6-8(5-14)10(12)13/h3-4,7H,1-2,5-6,14H2/b15-9+. The van der Waals surface area contributed by atoms with E-state index in [1.807, 2.05) is 0 Å². The average Bonchev–Trinajstić information content (AvgIpc) is 2.74. The van der Waals surface area contributed by atoms with Gasteiger partial charge in [-0.05, 0) is 6.08 Å². The van der Waals surface area contributed by atoms with Crippen LogP contribution in [0.3, 0.4) is 0 Å². The Hall–Kier alpha value is -2.35. The zero-order chi connectivity index (χ0) is 14.4. The predicted octanol–water partition coefficient (Wildman–Crippen LogP) is 0.730. The van der Waals surface area contributed by atoms with Gasteiger partial charge in [-0.15, -0.1) is 0 Å². The van der Waals surface area contributed by atoms with E-state index in [1.165, 1.54) is 12.3 Å². The van der Waals surface area contributed by atoms with Crippen LogP contribution < -0.4 is 11.4 Å². The van der Waals surface area contributed by atoms with Gasteiger partial charge in [0.05, 0.1) is 6.54 Å². The summed E-state index contributed by atoms with van der Waals surface area (Å²) in [4.78, 5) is 15.7. The molecule has 0 aliphatic heterocycles. The first kappa shape index (κ1) is 14.7. The molecule has 0 amide bonds. The summed E-state index contributed by atoms with van der Waals surface area (Å²) in [5.41, 5.74) is 4.20. The van der Waals surface area contributed by atoms with Gasteiger partial charge in [-0.3, -0.25) is 0 Å². The van der Waals surface area contributed by atoms with Crippen LogP contribution in [0.2, 0.25) is 0 Å². The van der Waals surface area contributed by atoms with Crippen LogP contribution in [-0.4, -0.2) is 26.7 Å². The van der Waals surface area contributed by atoms with E-state index in [0.29, 0.717) is 0 Å². The van der Waals surface area contributed by atoms with E-state index in [2.05, 4.69) is 23.2 Å². The number of nitrogens with two attached hydrogens (primary N) is 1. The maximum atomic E-state index is 12.5. The molecule has 102 valence electrons. The molecule has 8 heteroatoms. The van der Waals surface area contributed by atoms with Gasteiger partial charge in [0.2, 0.25) is 0 Å². The lowest BCUT2D eigenvalue weighted by Crippen LogP contribution is -2.30. The smallest absolute Gasteiger partial charge is 0.327 e. The molecule has 0 atom stereocenters. The molecule has 0 fully saturated rings. The summed E-state index contributed by atoms with van der Waals surface area (Å²) in [6, 6.07) is 0. The zero-order valence-electron chi connectivity index (χ0n) is 10.1. The minimum absolute atomic E-state index is 0.199. The molecule has 19 heavy (non-hydrogen) atoms. The first-order valence-electron chi connectivity index (χ1n) is 5.24. The monoisotopic (exact) mass is 269 g/mol. The van der Waals surface area contributed by atoms with Crippen LogP contribution in [0.15, 0.2) is 53.2 Å². The van der Waals surface area contributed by atoms with Crippen molar-refractivity contribution in [3.63, 3.8) is 0 Å². The summed E-state index contributed by atoms with van der Waals surface area (Å²) >= 11 is 0. The highest BCUT2D eigenvalue weighted by Crippen LogP contribution is 2.07. The minimum Gasteiger partial charge on any atom is -0.327 e. The number of nitrogens with zero attached hydrogens (tertiary/aromatic N) is 4.